The fourth-order valence-electron chi connectivity index (χ4n) is 2.70. The summed E-state index contributed by atoms with van der Waals surface area (Å²) in [5.74, 6) is 0.388. The van der Waals surface area contributed by atoms with Crippen LogP contribution in [0.1, 0.15) is 50.9 Å². The number of anilines is 3. The summed E-state index contributed by atoms with van der Waals surface area (Å²) in [7, 11) is 0. The van der Waals surface area contributed by atoms with E-state index in [1.165, 1.54) is 19.9 Å². The van der Waals surface area contributed by atoms with Gasteiger partial charge in [0.1, 0.15) is 17.3 Å². The number of carbonyl (C=O) groups excluding carboxylic acids is 3. The number of rotatable bonds is 6. The van der Waals surface area contributed by atoms with E-state index in [2.05, 4.69) is 20.6 Å². The van der Waals surface area contributed by atoms with E-state index < -0.39 is 5.91 Å². The molecule has 0 aliphatic carbocycles. The van der Waals surface area contributed by atoms with Crippen LogP contribution in [0.2, 0.25) is 0 Å². The Morgan fingerprint density at radius 3 is 2.14 bits per heavy atom. The lowest BCUT2D eigenvalue weighted by molar-refractivity contribution is 0.100. The largest absolute Gasteiger partial charge is 0.340 e. The average molecular weight is 388 g/mol. The molecular formula is C22H20N4O3. The first-order valence-electron chi connectivity index (χ1n) is 8.98. The van der Waals surface area contributed by atoms with Gasteiger partial charge in [0.15, 0.2) is 11.6 Å². The molecule has 1 amide bonds. The number of hydrogen-bond donors (Lipinski definition) is 2. The van der Waals surface area contributed by atoms with Gasteiger partial charge in [0.05, 0.1) is 0 Å². The Morgan fingerprint density at radius 2 is 1.48 bits per heavy atom. The zero-order valence-corrected chi connectivity index (χ0v) is 16.3. The summed E-state index contributed by atoms with van der Waals surface area (Å²) in [6.45, 7) is 4.67. The van der Waals surface area contributed by atoms with Crippen LogP contribution >= 0.6 is 0 Å². The Balaban J connectivity index is 1.79. The quantitative estimate of drug-likeness (QED) is 0.614. The van der Waals surface area contributed by atoms with Crippen LogP contribution < -0.4 is 10.6 Å². The number of ketones is 2. The van der Waals surface area contributed by atoms with Gasteiger partial charge in [0.25, 0.3) is 5.91 Å². The van der Waals surface area contributed by atoms with Crippen LogP contribution in [-0.2, 0) is 0 Å². The molecule has 2 aromatic carbocycles. The number of amides is 1. The first-order valence-corrected chi connectivity index (χ1v) is 8.98. The minimum Gasteiger partial charge on any atom is -0.340 e. The summed E-state index contributed by atoms with van der Waals surface area (Å²) >= 11 is 0. The average Bonchev–Trinajstić information content (AvgIpc) is 2.68. The van der Waals surface area contributed by atoms with E-state index >= 15 is 0 Å². The van der Waals surface area contributed by atoms with Crippen molar-refractivity contribution in [1.29, 1.82) is 0 Å². The zero-order chi connectivity index (χ0) is 21.0. The van der Waals surface area contributed by atoms with Crippen molar-refractivity contribution in [2.24, 2.45) is 0 Å². The highest BCUT2D eigenvalue weighted by Gasteiger charge is 2.12. The number of Topliss-reactive ketones (excluding diaryl/α,β-unsaturated/α-hetero) is 2. The molecule has 0 unspecified atom stereocenters. The van der Waals surface area contributed by atoms with Gasteiger partial charge in [0.2, 0.25) is 0 Å². The summed E-state index contributed by atoms with van der Waals surface area (Å²) in [5, 5.41) is 5.85. The molecule has 146 valence electrons. The monoisotopic (exact) mass is 388 g/mol. The maximum atomic E-state index is 12.6. The van der Waals surface area contributed by atoms with Crippen LogP contribution in [-0.4, -0.2) is 27.4 Å². The fourth-order valence-corrected chi connectivity index (χ4v) is 2.70. The Labute approximate surface area is 168 Å². The van der Waals surface area contributed by atoms with Crippen molar-refractivity contribution in [3.8, 4) is 0 Å². The molecule has 0 atom stereocenters. The zero-order valence-electron chi connectivity index (χ0n) is 16.3. The molecule has 0 radical (unpaired) electrons. The third kappa shape index (κ3) is 5.10. The van der Waals surface area contributed by atoms with Crippen LogP contribution in [0.5, 0.6) is 0 Å². The van der Waals surface area contributed by atoms with Crippen molar-refractivity contribution in [3.05, 3.63) is 77.2 Å². The van der Waals surface area contributed by atoms with E-state index in [4.69, 9.17) is 0 Å². The van der Waals surface area contributed by atoms with Crippen molar-refractivity contribution in [3.63, 3.8) is 0 Å². The van der Waals surface area contributed by atoms with Crippen LogP contribution in [0, 0.1) is 6.92 Å². The molecule has 1 heterocycles. The molecule has 0 saturated carbocycles. The molecule has 29 heavy (non-hydrogen) atoms. The molecular weight excluding hydrogens is 368 g/mol. The Hall–Kier alpha value is -3.87. The second kappa shape index (κ2) is 8.43. The minimum absolute atomic E-state index is 0.0385. The summed E-state index contributed by atoms with van der Waals surface area (Å²) in [6, 6.07) is 15.2. The SMILES string of the molecule is CC(=O)c1ccc(NC(=O)c2cc(Nc3cccc(C(C)=O)c3)nc(C)n2)cc1. The van der Waals surface area contributed by atoms with E-state index in [1.807, 2.05) is 0 Å². The second-order valence-corrected chi connectivity index (χ2v) is 6.54. The molecule has 2 N–H and O–H groups in total. The maximum absolute atomic E-state index is 12.6. The van der Waals surface area contributed by atoms with Gasteiger partial charge >= 0.3 is 0 Å². The molecule has 0 aliphatic heterocycles. The smallest absolute Gasteiger partial charge is 0.274 e. The molecule has 7 nitrogen and oxygen atoms in total. The summed E-state index contributed by atoms with van der Waals surface area (Å²) < 4.78 is 0. The number of benzene rings is 2. The second-order valence-electron chi connectivity index (χ2n) is 6.54. The van der Waals surface area contributed by atoms with E-state index in [-0.39, 0.29) is 17.3 Å². The highest BCUT2D eigenvalue weighted by Crippen LogP contribution is 2.18. The number of aromatic nitrogens is 2. The van der Waals surface area contributed by atoms with Gasteiger partial charge < -0.3 is 10.6 Å². The van der Waals surface area contributed by atoms with E-state index in [1.54, 1.807) is 55.5 Å². The van der Waals surface area contributed by atoms with Gasteiger partial charge in [-0.2, -0.15) is 0 Å². The van der Waals surface area contributed by atoms with Crippen LogP contribution in [0.25, 0.3) is 0 Å². The molecule has 0 fully saturated rings. The van der Waals surface area contributed by atoms with Gasteiger partial charge in [-0.3, -0.25) is 14.4 Å². The van der Waals surface area contributed by atoms with E-state index in [9.17, 15) is 14.4 Å². The maximum Gasteiger partial charge on any atom is 0.274 e. The van der Waals surface area contributed by atoms with Crippen LogP contribution in [0.15, 0.2) is 54.6 Å². The van der Waals surface area contributed by atoms with Gasteiger partial charge in [-0.15, -0.1) is 0 Å². The van der Waals surface area contributed by atoms with Crippen molar-refractivity contribution < 1.29 is 14.4 Å². The Kier molecular flexibility index (Phi) is 5.78. The van der Waals surface area contributed by atoms with Gasteiger partial charge in [-0.25, -0.2) is 9.97 Å². The molecule has 1 aromatic heterocycles. The van der Waals surface area contributed by atoms with E-state index in [0.29, 0.717) is 34.1 Å². The van der Waals surface area contributed by atoms with E-state index in [0.717, 1.165) is 0 Å². The van der Waals surface area contributed by atoms with Crippen LogP contribution in [0.4, 0.5) is 17.2 Å². The van der Waals surface area contributed by atoms with Crippen molar-refractivity contribution in [2.75, 3.05) is 10.6 Å². The molecule has 0 saturated heterocycles. The number of nitrogens with zero attached hydrogens (tertiary/aromatic N) is 2. The fraction of sp³-hybridized carbons (Fsp3) is 0.136. The standard InChI is InChI=1S/C22H20N4O3/c1-13(27)16-7-9-18(10-8-16)26-22(29)20-12-21(24-15(3)23-20)25-19-6-4-5-17(11-19)14(2)28/h4-12H,1-3H3,(H,26,29)(H,23,24,25). The van der Waals surface area contributed by atoms with Gasteiger partial charge in [-0.1, -0.05) is 12.1 Å². The third-order valence-electron chi connectivity index (χ3n) is 4.16. The van der Waals surface area contributed by atoms with Crippen molar-refractivity contribution in [1.82, 2.24) is 9.97 Å². The van der Waals surface area contributed by atoms with Crippen LogP contribution in [0.3, 0.4) is 0 Å². The highest BCUT2D eigenvalue weighted by atomic mass is 16.2. The van der Waals surface area contributed by atoms with Gasteiger partial charge in [-0.05, 0) is 57.2 Å². The molecule has 0 bridgehead atoms. The number of hydrogen-bond acceptors (Lipinski definition) is 6. The lowest BCUT2D eigenvalue weighted by Gasteiger charge is -2.10. The predicted molar refractivity (Wildman–Crippen MR) is 111 cm³/mol. The number of aryl methyl sites for hydroxylation is 1. The Morgan fingerprint density at radius 1 is 0.793 bits per heavy atom. The van der Waals surface area contributed by atoms with Gasteiger partial charge in [0, 0.05) is 28.6 Å². The first-order chi connectivity index (χ1) is 13.8. The van der Waals surface area contributed by atoms with Crippen molar-refractivity contribution in [2.45, 2.75) is 20.8 Å². The normalized spacial score (nSPS) is 10.3. The lowest BCUT2D eigenvalue weighted by atomic mass is 10.1. The first kappa shape index (κ1) is 19.9. The predicted octanol–water partition coefficient (Wildman–Crippen LogP) is 4.19. The minimum atomic E-state index is -0.397. The lowest BCUT2D eigenvalue weighted by Crippen LogP contribution is -2.15. The highest BCUT2D eigenvalue weighted by molar-refractivity contribution is 6.03. The molecule has 3 aromatic rings. The third-order valence-corrected chi connectivity index (χ3v) is 4.16. The number of nitrogens with one attached hydrogen (secondary N) is 2. The van der Waals surface area contributed by atoms with Crippen molar-refractivity contribution >= 4 is 34.7 Å². The number of carbonyl (C=O) groups is 3. The Bertz CT molecular complexity index is 1090. The topological polar surface area (TPSA) is 101 Å². The summed E-state index contributed by atoms with van der Waals surface area (Å²) in [6.07, 6.45) is 0. The molecule has 0 aliphatic rings. The summed E-state index contributed by atoms with van der Waals surface area (Å²) in [5.41, 5.74) is 2.58. The molecule has 0 spiro atoms. The molecule has 3 rings (SSSR count). The molecule has 7 heteroatoms. The summed E-state index contributed by atoms with van der Waals surface area (Å²) in [4.78, 5) is 44.0.